The summed E-state index contributed by atoms with van der Waals surface area (Å²) >= 11 is 0. The molecule has 2 aliphatic heterocycles. The van der Waals surface area contributed by atoms with Gasteiger partial charge >= 0.3 is 5.97 Å². The Morgan fingerprint density at radius 2 is 1.52 bits per heavy atom. The standard InChI is InChI=1S/C30H38N2O10/c1-30(2,3)42-26(34)7-5-13-39-15-17-41-19-18-40-16-14-38-12-4-6-21-8-9-22-23(20-21)29(37)32(28(22)36)24-10-11-25(33)31-27(24)35/h8-9,20,24H,5,7,10-19H2,1-3H3,(H,31,33,35). The summed E-state index contributed by atoms with van der Waals surface area (Å²) in [6, 6.07) is 3.66. The van der Waals surface area contributed by atoms with Gasteiger partial charge in [-0.15, -0.1) is 0 Å². The topological polar surface area (TPSA) is 147 Å². The molecule has 1 aromatic rings. The fraction of sp³-hybridized carbons (Fsp3) is 0.567. The lowest BCUT2D eigenvalue weighted by Gasteiger charge is -2.27. The summed E-state index contributed by atoms with van der Waals surface area (Å²) in [4.78, 5) is 61.7. The Hall–Kier alpha value is -3.63. The number of carbonyl (C=O) groups is 5. The molecule has 0 radical (unpaired) electrons. The molecule has 1 atom stereocenters. The Morgan fingerprint density at radius 1 is 0.905 bits per heavy atom. The van der Waals surface area contributed by atoms with Gasteiger partial charge in [-0.3, -0.25) is 34.2 Å². The summed E-state index contributed by atoms with van der Waals surface area (Å²) in [5.74, 6) is 3.33. The van der Waals surface area contributed by atoms with E-state index < -0.39 is 35.3 Å². The van der Waals surface area contributed by atoms with Crippen LogP contribution in [0.5, 0.6) is 0 Å². The first-order valence-corrected chi connectivity index (χ1v) is 13.9. The summed E-state index contributed by atoms with van der Waals surface area (Å²) in [5, 5.41) is 2.17. The number of benzene rings is 1. The van der Waals surface area contributed by atoms with Crippen molar-refractivity contribution in [2.24, 2.45) is 0 Å². The Morgan fingerprint density at radius 3 is 2.17 bits per heavy atom. The van der Waals surface area contributed by atoms with E-state index in [9.17, 15) is 24.0 Å². The predicted octanol–water partition coefficient (Wildman–Crippen LogP) is 1.63. The molecule has 0 aliphatic carbocycles. The average molecular weight is 587 g/mol. The first-order valence-electron chi connectivity index (χ1n) is 13.9. The molecule has 0 aromatic heterocycles. The third-order valence-electron chi connectivity index (χ3n) is 6.05. The van der Waals surface area contributed by atoms with E-state index in [0.717, 1.165) is 4.90 Å². The fourth-order valence-corrected chi connectivity index (χ4v) is 4.18. The quantitative estimate of drug-likeness (QED) is 0.139. The monoisotopic (exact) mass is 586 g/mol. The van der Waals surface area contributed by atoms with Crippen molar-refractivity contribution >= 4 is 29.6 Å². The zero-order valence-electron chi connectivity index (χ0n) is 24.3. The maximum atomic E-state index is 12.9. The molecule has 12 nitrogen and oxygen atoms in total. The van der Waals surface area contributed by atoms with Gasteiger partial charge in [-0.25, -0.2) is 0 Å². The number of piperidine rings is 1. The second-order valence-electron chi connectivity index (χ2n) is 10.6. The van der Waals surface area contributed by atoms with Gasteiger partial charge in [0.1, 0.15) is 18.2 Å². The molecule has 4 amide bonds. The summed E-state index contributed by atoms with van der Waals surface area (Å²) in [6.07, 6.45) is 1.09. The number of fused-ring (bicyclic) bond motifs is 1. The lowest BCUT2D eigenvalue weighted by Crippen LogP contribution is -2.54. The molecule has 1 saturated heterocycles. The summed E-state index contributed by atoms with van der Waals surface area (Å²) < 4.78 is 27.0. The highest BCUT2D eigenvalue weighted by Gasteiger charge is 2.44. The van der Waals surface area contributed by atoms with E-state index in [-0.39, 0.29) is 36.5 Å². The highest BCUT2D eigenvalue weighted by molar-refractivity contribution is 6.23. The number of ether oxygens (including phenoxy) is 5. The lowest BCUT2D eigenvalue weighted by atomic mass is 10.0. The minimum Gasteiger partial charge on any atom is -0.460 e. The van der Waals surface area contributed by atoms with E-state index in [1.165, 1.54) is 12.1 Å². The van der Waals surface area contributed by atoms with E-state index in [4.69, 9.17) is 23.7 Å². The average Bonchev–Trinajstić information content (AvgIpc) is 3.16. The van der Waals surface area contributed by atoms with E-state index >= 15 is 0 Å². The molecular weight excluding hydrogens is 548 g/mol. The minimum atomic E-state index is -1.01. The molecular formula is C30H38N2O10. The SMILES string of the molecule is CC(C)(C)OC(=O)CCCOCCOCCOCCOCC#Cc1ccc2c(c1)C(=O)N(C1CCC(=O)NC1=O)C2=O. The molecule has 0 bridgehead atoms. The Kier molecular flexibility index (Phi) is 12.6. The van der Waals surface area contributed by atoms with Gasteiger partial charge in [0, 0.05) is 25.0 Å². The van der Waals surface area contributed by atoms with Gasteiger partial charge in [0.2, 0.25) is 11.8 Å². The van der Waals surface area contributed by atoms with Crippen molar-refractivity contribution in [3.63, 3.8) is 0 Å². The van der Waals surface area contributed by atoms with Gasteiger partial charge in [-0.1, -0.05) is 11.8 Å². The molecule has 1 N–H and O–H groups in total. The van der Waals surface area contributed by atoms with Gasteiger partial charge in [-0.2, -0.15) is 0 Å². The number of nitrogens with zero attached hydrogens (tertiary/aromatic N) is 1. The van der Waals surface area contributed by atoms with Gasteiger partial charge in [0.25, 0.3) is 11.8 Å². The number of imide groups is 2. The molecule has 0 saturated carbocycles. The second-order valence-corrected chi connectivity index (χ2v) is 10.6. The van der Waals surface area contributed by atoms with Gasteiger partial charge in [-0.05, 0) is 51.8 Å². The Labute approximate surface area is 245 Å². The van der Waals surface area contributed by atoms with E-state index in [1.54, 1.807) is 6.07 Å². The minimum absolute atomic E-state index is 0.0652. The van der Waals surface area contributed by atoms with Crippen LogP contribution >= 0.6 is 0 Å². The van der Waals surface area contributed by atoms with Crippen molar-refractivity contribution in [1.82, 2.24) is 10.2 Å². The van der Waals surface area contributed by atoms with Crippen LogP contribution in [0.3, 0.4) is 0 Å². The molecule has 2 heterocycles. The summed E-state index contributed by atoms with van der Waals surface area (Å²) in [6.45, 7) is 8.53. The molecule has 2 aliphatic rings. The lowest BCUT2D eigenvalue weighted by molar-refractivity contribution is -0.155. The maximum Gasteiger partial charge on any atom is 0.306 e. The fourth-order valence-electron chi connectivity index (χ4n) is 4.18. The molecule has 1 aromatic carbocycles. The molecule has 12 heteroatoms. The number of nitrogens with one attached hydrogen (secondary N) is 1. The normalized spacial score (nSPS) is 16.6. The highest BCUT2D eigenvalue weighted by atomic mass is 16.6. The third kappa shape index (κ3) is 10.3. The van der Waals surface area contributed by atoms with Crippen LogP contribution in [0, 0.1) is 11.8 Å². The zero-order chi connectivity index (χ0) is 30.5. The number of rotatable bonds is 15. The van der Waals surface area contributed by atoms with Gasteiger partial charge in [0.15, 0.2) is 0 Å². The van der Waals surface area contributed by atoms with Crippen molar-refractivity contribution in [2.45, 2.75) is 58.1 Å². The number of carbonyl (C=O) groups excluding carboxylic acids is 5. The van der Waals surface area contributed by atoms with Crippen molar-refractivity contribution in [3.05, 3.63) is 34.9 Å². The number of hydrogen-bond donors (Lipinski definition) is 1. The van der Waals surface area contributed by atoms with Crippen LogP contribution in [0.2, 0.25) is 0 Å². The van der Waals surface area contributed by atoms with Gasteiger partial charge < -0.3 is 23.7 Å². The van der Waals surface area contributed by atoms with Crippen LogP contribution in [0.25, 0.3) is 0 Å². The first kappa shape index (κ1) is 32.9. The molecule has 228 valence electrons. The van der Waals surface area contributed by atoms with Crippen LogP contribution in [-0.2, 0) is 38.1 Å². The van der Waals surface area contributed by atoms with Crippen LogP contribution in [0.15, 0.2) is 18.2 Å². The zero-order valence-corrected chi connectivity index (χ0v) is 24.3. The highest BCUT2D eigenvalue weighted by Crippen LogP contribution is 2.28. The smallest absolute Gasteiger partial charge is 0.306 e. The second kappa shape index (κ2) is 16.1. The van der Waals surface area contributed by atoms with Crippen LogP contribution < -0.4 is 5.32 Å². The maximum absolute atomic E-state index is 12.9. The number of amides is 4. The summed E-state index contributed by atoms with van der Waals surface area (Å²) in [5.41, 5.74) is 0.441. The largest absolute Gasteiger partial charge is 0.460 e. The first-order chi connectivity index (χ1) is 20.1. The van der Waals surface area contributed by atoms with Gasteiger partial charge in [0.05, 0.1) is 50.8 Å². The van der Waals surface area contributed by atoms with E-state index in [2.05, 4.69) is 17.2 Å². The molecule has 1 unspecified atom stereocenters. The van der Waals surface area contributed by atoms with Crippen LogP contribution in [0.4, 0.5) is 0 Å². The summed E-state index contributed by atoms with van der Waals surface area (Å²) in [7, 11) is 0. The Bertz CT molecular complexity index is 1210. The molecule has 1 fully saturated rings. The van der Waals surface area contributed by atoms with E-state index in [0.29, 0.717) is 64.7 Å². The number of hydrogen-bond acceptors (Lipinski definition) is 10. The van der Waals surface area contributed by atoms with Crippen LogP contribution in [-0.4, -0.2) is 99.0 Å². The third-order valence-corrected chi connectivity index (χ3v) is 6.05. The van der Waals surface area contributed by atoms with Crippen molar-refractivity contribution in [3.8, 4) is 11.8 Å². The molecule has 0 spiro atoms. The van der Waals surface area contributed by atoms with Crippen LogP contribution in [0.1, 0.15) is 72.7 Å². The molecule has 42 heavy (non-hydrogen) atoms. The Balaban J connectivity index is 1.22. The molecule has 3 rings (SSSR count). The number of esters is 1. The van der Waals surface area contributed by atoms with Crippen molar-refractivity contribution in [2.75, 3.05) is 52.9 Å². The van der Waals surface area contributed by atoms with Crippen molar-refractivity contribution < 1.29 is 47.7 Å². The predicted molar refractivity (Wildman–Crippen MR) is 148 cm³/mol. The van der Waals surface area contributed by atoms with Crippen molar-refractivity contribution in [1.29, 1.82) is 0 Å². The van der Waals surface area contributed by atoms with E-state index in [1.807, 2.05) is 20.8 Å².